The number of aromatic hydroxyl groups is 1. The van der Waals surface area contributed by atoms with Gasteiger partial charge < -0.3 is 9.84 Å². The third kappa shape index (κ3) is 6.36. The molecule has 5 nitrogen and oxygen atoms in total. The average Bonchev–Trinajstić information content (AvgIpc) is 2.62. The molecular weight excluding hydrogens is 356 g/mol. The lowest BCUT2D eigenvalue weighted by atomic mass is 10.1. The van der Waals surface area contributed by atoms with Crippen molar-refractivity contribution in [1.82, 2.24) is 0 Å². The van der Waals surface area contributed by atoms with E-state index in [1.54, 1.807) is 62.4 Å². The topological polar surface area (TPSA) is 80.7 Å². The Hall–Kier alpha value is -3.47. The van der Waals surface area contributed by atoms with Gasteiger partial charge in [0.25, 0.3) is 0 Å². The Balaban J connectivity index is 1.94. The van der Waals surface area contributed by atoms with Crippen molar-refractivity contribution < 1.29 is 24.2 Å². The van der Waals surface area contributed by atoms with E-state index in [4.69, 9.17) is 4.74 Å². The molecule has 0 aliphatic heterocycles. The van der Waals surface area contributed by atoms with Gasteiger partial charge in [-0.3, -0.25) is 14.4 Å². The van der Waals surface area contributed by atoms with Crippen LogP contribution in [0, 0.1) is 13.8 Å². The lowest BCUT2D eigenvalue weighted by molar-refractivity contribution is -0.132. The molecule has 2 aromatic carbocycles. The highest BCUT2D eigenvalue weighted by Crippen LogP contribution is 2.20. The van der Waals surface area contributed by atoms with Gasteiger partial charge in [0.15, 0.2) is 11.6 Å². The maximum Gasteiger partial charge on any atom is 0.308 e. The molecule has 0 heterocycles. The van der Waals surface area contributed by atoms with E-state index in [1.807, 2.05) is 0 Å². The maximum absolute atomic E-state index is 12.0. The Kier molecular flexibility index (Phi) is 7.04. The highest BCUT2D eigenvalue weighted by atomic mass is 16.5. The van der Waals surface area contributed by atoms with Gasteiger partial charge in [0, 0.05) is 6.92 Å². The predicted molar refractivity (Wildman–Crippen MR) is 108 cm³/mol. The van der Waals surface area contributed by atoms with Crippen LogP contribution in [0.2, 0.25) is 0 Å². The minimum absolute atomic E-state index is 0.194. The number of phenols is 1. The standard InChI is InChI=1S/C23H22O5/c1-15-12-18(6-10-22(15)27)4-8-20(25)14-21(26)9-5-19-7-11-23(16(2)13-19)28-17(3)24/h4-13,27H,14H2,1-3H3. The third-order valence-corrected chi connectivity index (χ3v) is 3.95. The Morgan fingerprint density at radius 3 is 1.93 bits per heavy atom. The quantitative estimate of drug-likeness (QED) is 0.338. The van der Waals surface area contributed by atoms with Gasteiger partial charge in [-0.25, -0.2) is 0 Å². The van der Waals surface area contributed by atoms with E-state index in [-0.39, 0.29) is 23.7 Å². The summed E-state index contributed by atoms with van der Waals surface area (Å²) in [5, 5.41) is 9.50. The van der Waals surface area contributed by atoms with E-state index in [2.05, 4.69) is 0 Å². The smallest absolute Gasteiger partial charge is 0.308 e. The fourth-order valence-corrected chi connectivity index (χ4v) is 2.50. The van der Waals surface area contributed by atoms with E-state index in [0.29, 0.717) is 11.3 Å². The van der Waals surface area contributed by atoms with Crippen LogP contribution in [0.4, 0.5) is 0 Å². The summed E-state index contributed by atoms with van der Waals surface area (Å²) >= 11 is 0. The second-order valence-corrected chi connectivity index (χ2v) is 6.44. The van der Waals surface area contributed by atoms with Crippen LogP contribution >= 0.6 is 0 Å². The van der Waals surface area contributed by atoms with Crippen LogP contribution in [0.25, 0.3) is 12.2 Å². The van der Waals surface area contributed by atoms with Gasteiger partial charge in [0.1, 0.15) is 11.5 Å². The number of rotatable bonds is 7. The molecule has 0 saturated carbocycles. The predicted octanol–water partition coefficient (Wildman–Crippen LogP) is 4.19. The van der Waals surface area contributed by atoms with Crippen molar-refractivity contribution in [3.63, 3.8) is 0 Å². The number of ether oxygens (including phenoxy) is 1. The summed E-state index contributed by atoms with van der Waals surface area (Å²) in [6.45, 7) is 4.90. The zero-order chi connectivity index (χ0) is 20.7. The zero-order valence-electron chi connectivity index (χ0n) is 16.1. The summed E-state index contributed by atoms with van der Waals surface area (Å²) in [6, 6.07) is 10.2. The molecule has 0 aliphatic rings. The van der Waals surface area contributed by atoms with E-state index in [1.165, 1.54) is 19.1 Å². The van der Waals surface area contributed by atoms with Crippen molar-refractivity contribution in [3.05, 3.63) is 70.8 Å². The van der Waals surface area contributed by atoms with E-state index in [9.17, 15) is 19.5 Å². The monoisotopic (exact) mass is 378 g/mol. The molecule has 0 amide bonds. The molecule has 5 heteroatoms. The second kappa shape index (κ2) is 9.46. The number of ketones is 2. The molecule has 0 radical (unpaired) electrons. The number of aryl methyl sites for hydroxylation is 2. The molecule has 0 aromatic heterocycles. The first-order valence-electron chi connectivity index (χ1n) is 8.75. The second-order valence-electron chi connectivity index (χ2n) is 6.44. The van der Waals surface area contributed by atoms with Crippen LogP contribution in [0.3, 0.4) is 0 Å². The lowest BCUT2D eigenvalue weighted by Gasteiger charge is -2.05. The lowest BCUT2D eigenvalue weighted by Crippen LogP contribution is -2.03. The average molecular weight is 378 g/mol. The van der Waals surface area contributed by atoms with Gasteiger partial charge in [-0.05, 0) is 72.5 Å². The SMILES string of the molecule is CC(=O)Oc1ccc(C=CC(=O)CC(=O)C=Cc2ccc(O)c(C)c2)cc1C. The molecule has 0 aliphatic carbocycles. The van der Waals surface area contributed by atoms with Crippen LogP contribution in [0.15, 0.2) is 48.6 Å². The van der Waals surface area contributed by atoms with Crippen molar-refractivity contribution >= 4 is 29.7 Å². The van der Waals surface area contributed by atoms with Crippen molar-refractivity contribution in [3.8, 4) is 11.5 Å². The first-order chi connectivity index (χ1) is 13.2. The molecule has 0 atom stereocenters. The van der Waals surface area contributed by atoms with Crippen molar-refractivity contribution in [2.75, 3.05) is 0 Å². The zero-order valence-corrected chi connectivity index (χ0v) is 16.1. The van der Waals surface area contributed by atoms with E-state index < -0.39 is 5.97 Å². The highest BCUT2D eigenvalue weighted by Gasteiger charge is 2.05. The van der Waals surface area contributed by atoms with Crippen LogP contribution in [0.1, 0.15) is 35.6 Å². The summed E-state index contributed by atoms with van der Waals surface area (Å²) < 4.78 is 5.06. The van der Waals surface area contributed by atoms with Gasteiger partial charge in [-0.1, -0.05) is 24.3 Å². The number of allylic oxidation sites excluding steroid dienone is 2. The molecule has 0 saturated heterocycles. The summed E-state index contributed by atoms with van der Waals surface area (Å²) in [6.07, 6.45) is 5.72. The summed E-state index contributed by atoms with van der Waals surface area (Å²) in [4.78, 5) is 35.0. The summed E-state index contributed by atoms with van der Waals surface area (Å²) in [5.41, 5.74) is 3.02. The molecule has 28 heavy (non-hydrogen) atoms. The Labute approximate surface area is 164 Å². The molecule has 2 rings (SSSR count). The van der Waals surface area contributed by atoms with Crippen LogP contribution < -0.4 is 4.74 Å². The van der Waals surface area contributed by atoms with Gasteiger partial charge in [-0.15, -0.1) is 0 Å². The number of phenolic OH excluding ortho intramolecular Hbond substituents is 1. The fourth-order valence-electron chi connectivity index (χ4n) is 2.50. The Morgan fingerprint density at radius 1 is 0.893 bits per heavy atom. The first kappa shape index (κ1) is 20.8. The molecule has 1 N–H and O–H groups in total. The fraction of sp³-hybridized carbons (Fsp3) is 0.174. The van der Waals surface area contributed by atoms with Crippen LogP contribution in [0.5, 0.6) is 11.5 Å². The summed E-state index contributed by atoms with van der Waals surface area (Å²) in [5.74, 6) is -0.337. The van der Waals surface area contributed by atoms with Gasteiger partial charge in [0.2, 0.25) is 0 Å². The largest absolute Gasteiger partial charge is 0.508 e. The Bertz CT molecular complexity index is 967. The van der Waals surface area contributed by atoms with E-state index >= 15 is 0 Å². The first-order valence-corrected chi connectivity index (χ1v) is 8.75. The van der Waals surface area contributed by atoms with Gasteiger partial charge in [0.05, 0.1) is 6.42 Å². The van der Waals surface area contributed by atoms with Crippen LogP contribution in [-0.4, -0.2) is 22.6 Å². The minimum Gasteiger partial charge on any atom is -0.508 e. The normalized spacial score (nSPS) is 11.1. The van der Waals surface area contributed by atoms with Crippen LogP contribution in [-0.2, 0) is 14.4 Å². The molecule has 144 valence electrons. The van der Waals surface area contributed by atoms with E-state index in [0.717, 1.165) is 16.7 Å². The summed E-state index contributed by atoms with van der Waals surface area (Å²) in [7, 11) is 0. The van der Waals surface area contributed by atoms with Crippen molar-refractivity contribution in [1.29, 1.82) is 0 Å². The van der Waals surface area contributed by atoms with Gasteiger partial charge >= 0.3 is 5.97 Å². The number of carbonyl (C=O) groups is 3. The molecule has 0 bridgehead atoms. The van der Waals surface area contributed by atoms with Gasteiger partial charge in [-0.2, -0.15) is 0 Å². The number of hydrogen-bond acceptors (Lipinski definition) is 5. The number of benzene rings is 2. The molecule has 0 spiro atoms. The number of carbonyl (C=O) groups excluding carboxylic acids is 3. The van der Waals surface area contributed by atoms with Crippen molar-refractivity contribution in [2.24, 2.45) is 0 Å². The Morgan fingerprint density at radius 2 is 1.43 bits per heavy atom. The molecule has 0 fully saturated rings. The molecule has 0 unspecified atom stereocenters. The minimum atomic E-state index is -0.393. The maximum atomic E-state index is 12.0. The highest BCUT2D eigenvalue weighted by molar-refractivity contribution is 6.10. The number of hydrogen-bond donors (Lipinski definition) is 1. The molecule has 2 aromatic rings. The van der Waals surface area contributed by atoms with Crippen molar-refractivity contribution in [2.45, 2.75) is 27.2 Å². The molecular formula is C23H22O5. The number of esters is 1. The third-order valence-electron chi connectivity index (χ3n) is 3.95.